The van der Waals surface area contributed by atoms with Crippen LogP contribution in [-0.4, -0.2) is 5.91 Å². The molecule has 1 aromatic carbocycles. The summed E-state index contributed by atoms with van der Waals surface area (Å²) in [6.45, 7) is 13.1. The number of hydrogen-bond donors (Lipinski definition) is 2. The Morgan fingerprint density at radius 1 is 1.29 bits per heavy atom. The van der Waals surface area contributed by atoms with Crippen molar-refractivity contribution in [2.75, 3.05) is 0 Å². The van der Waals surface area contributed by atoms with Crippen LogP contribution in [0.3, 0.4) is 0 Å². The molecule has 0 atom stereocenters. The fraction of sp³-hybridized carbons (Fsp3) is 0.375. The summed E-state index contributed by atoms with van der Waals surface area (Å²) in [5, 5.41) is 3.92. The Morgan fingerprint density at radius 2 is 1.96 bits per heavy atom. The molecule has 3 N–H and O–H groups in total. The summed E-state index contributed by atoms with van der Waals surface area (Å²) < 4.78 is 0. The summed E-state index contributed by atoms with van der Waals surface area (Å²) in [7, 11) is 0. The molecule has 2 rings (SSSR count). The summed E-state index contributed by atoms with van der Waals surface area (Å²) >= 11 is 1.66. The van der Waals surface area contributed by atoms with E-state index in [0.717, 1.165) is 46.6 Å². The van der Waals surface area contributed by atoms with Crippen LogP contribution in [0, 0.1) is 5.41 Å². The number of amides is 1. The van der Waals surface area contributed by atoms with Gasteiger partial charge in [0.15, 0.2) is 0 Å². The van der Waals surface area contributed by atoms with Crippen LogP contribution < -0.4 is 11.1 Å². The molecule has 0 aromatic heterocycles. The Kier molecular flexibility index (Phi) is 7.90. The third-order valence-electron chi connectivity index (χ3n) is 5.02. The largest absolute Gasteiger partial charge is 0.326 e. The lowest BCUT2D eigenvalue weighted by Gasteiger charge is -2.28. The molecule has 0 unspecified atom stereocenters. The Labute approximate surface area is 173 Å². The molecule has 1 amide bonds. The molecule has 0 aliphatic heterocycles. The Bertz CT molecular complexity index is 814. The lowest BCUT2D eigenvalue weighted by molar-refractivity contribution is -0.115. The topological polar surface area (TPSA) is 55.1 Å². The zero-order valence-electron chi connectivity index (χ0n) is 17.5. The number of allylic oxidation sites excluding steroid dienone is 4. The monoisotopic (exact) mass is 396 g/mol. The first-order valence-corrected chi connectivity index (χ1v) is 10.5. The predicted molar refractivity (Wildman–Crippen MR) is 122 cm³/mol. The van der Waals surface area contributed by atoms with Gasteiger partial charge < -0.3 is 11.1 Å². The summed E-state index contributed by atoms with van der Waals surface area (Å²) in [6, 6.07) is 7.87. The van der Waals surface area contributed by atoms with E-state index in [2.05, 4.69) is 31.8 Å². The summed E-state index contributed by atoms with van der Waals surface area (Å²) in [5.74, 6) is -0.136. The molecule has 1 aliphatic rings. The number of carbonyl (C=O) groups is 1. The van der Waals surface area contributed by atoms with Gasteiger partial charge in [0.1, 0.15) is 0 Å². The molecule has 0 fully saturated rings. The first-order chi connectivity index (χ1) is 13.2. The van der Waals surface area contributed by atoms with Crippen LogP contribution >= 0.6 is 11.8 Å². The van der Waals surface area contributed by atoms with Gasteiger partial charge in [0.05, 0.1) is 5.03 Å². The first kappa shape index (κ1) is 22.3. The minimum Gasteiger partial charge on any atom is -0.326 e. The van der Waals surface area contributed by atoms with Crippen LogP contribution in [0.2, 0.25) is 0 Å². The maximum atomic E-state index is 12.5. The van der Waals surface area contributed by atoms with Crippen LogP contribution in [0.4, 0.5) is 0 Å². The highest BCUT2D eigenvalue weighted by atomic mass is 32.2. The molecule has 3 nitrogen and oxygen atoms in total. The van der Waals surface area contributed by atoms with Crippen LogP contribution in [-0.2, 0) is 11.3 Å². The number of hydrogen-bond acceptors (Lipinski definition) is 3. The SMILES string of the molecule is C=C(C)/C(C)=C(\NC(=O)/C=C/c1ccc(CN)cc1)SC1=CCC(C)(C)CC1. The fourth-order valence-electron chi connectivity index (χ4n) is 2.76. The molecule has 0 saturated heterocycles. The van der Waals surface area contributed by atoms with Crippen LogP contribution in [0.15, 0.2) is 64.1 Å². The van der Waals surface area contributed by atoms with Crippen LogP contribution in [0.1, 0.15) is 58.1 Å². The second kappa shape index (κ2) is 9.94. The molecule has 0 bridgehead atoms. The van der Waals surface area contributed by atoms with E-state index in [4.69, 9.17) is 5.73 Å². The molecule has 0 radical (unpaired) electrons. The second-order valence-electron chi connectivity index (χ2n) is 8.14. The van der Waals surface area contributed by atoms with Gasteiger partial charge in [-0.1, -0.05) is 68.1 Å². The van der Waals surface area contributed by atoms with Crippen molar-refractivity contribution in [1.29, 1.82) is 0 Å². The quantitative estimate of drug-likeness (QED) is 0.445. The van der Waals surface area contributed by atoms with E-state index in [1.807, 2.05) is 44.2 Å². The minimum absolute atomic E-state index is 0.136. The highest BCUT2D eigenvalue weighted by molar-refractivity contribution is 8.06. The fourth-order valence-corrected chi connectivity index (χ4v) is 3.87. The van der Waals surface area contributed by atoms with Gasteiger partial charge in [-0.15, -0.1) is 0 Å². The predicted octanol–water partition coefficient (Wildman–Crippen LogP) is 5.91. The van der Waals surface area contributed by atoms with Crippen molar-refractivity contribution >= 4 is 23.7 Å². The summed E-state index contributed by atoms with van der Waals surface area (Å²) in [4.78, 5) is 13.8. The average Bonchev–Trinajstić information content (AvgIpc) is 2.67. The van der Waals surface area contributed by atoms with E-state index < -0.39 is 0 Å². The van der Waals surface area contributed by atoms with Gasteiger partial charge in [0.2, 0.25) is 5.91 Å². The lowest BCUT2D eigenvalue weighted by atomic mass is 9.81. The van der Waals surface area contributed by atoms with E-state index in [9.17, 15) is 4.79 Å². The summed E-state index contributed by atoms with van der Waals surface area (Å²) in [5.41, 5.74) is 10.0. The van der Waals surface area contributed by atoms with Gasteiger partial charge in [0, 0.05) is 12.6 Å². The number of nitrogens with one attached hydrogen (secondary N) is 1. The van der Waals surface area contributed by atoms with Gasteiger partial charge >= 0.3 is 0 Å². The zero-order chi connectivity index (χ0) is 20.7. The molecule has 0 heterocycles. The van der Waals surface area contributed by atoms with Crippen molar-refractivity contribution in [2.45, 2.75) is 53.5 Å². The summed E-state index contributed by atoms with van der Waals surface area (Å²) in [6.07, 6.45) is 8.97. The van der Waals surface area contributed by atoms with E-state index in [1.54, 1.807) is 17.8 Å². The van der Waals surface area contributed by atoms with E-state index in [-0.39, 0.29) is 5.91 Å². The van der Waals surface area contributed by atoms with Gasteiger partial charge in [-0.2, -0.15) is 0 Å². The first-order valence-electron chi connectivity index (χ1n) is 9.72. The molecule has 1 aliphatic carbocycles. The standard InChI is InChI=1S/C24H32N2OS/c1-17(2)18(3)23(28-21-12-14-24(4,5)15-13-21)26-22(27)11-10-19-6-8-20(16-25)9-7-19/h6-12H,1,13-16,25H2,2-5H3,(H,26,27)/b11-10+,23-18+. The maximum absolute atomic E-state index is 12.5. The molecule has 28 heavy (non-hydrogen) atoms. The van der Waals surface area contributed by atoms with Crippen LogP contribution in [0.5, 0.6) is 0 Å². The molecule has 0 spiro atoms. The molecule has 0 saturated carbocycles. The molecule has 150 valence electrons. The van der Waals surface area contributed by atoms with Crippen molar-refractivity contribution in [2.24, 2.45) is 11.1 Å². The van der Waals surface area contributed by atoms with Gasteiger partial charge in [-0.25, -0.2) is 0 Å². The maximum Gasteiger partial charge on any atom is 0.248 e. The zero-order valence-corrected chi connectivity index (χ0v) is 18.3. The number of thioether (sulfide) groups is 1. The highest BCUT2D eigenvalue weighted by Gasteiger charge is 2.22. The Balaban J connectivity index is 2.08. The second-order valence-corrected chi connectivity index (χ2v) is 9.28. The van der Waals surface area contributed by atoms with E-state index in [1.165, 1.54) is 4.91 Å². The molecular formula is C24H32N2OS. The Hall–Kier alpha value is -2.04. The molecule has 4 heteroatoms. The van der Waals surface area contributed by atoms with Crippen molar-refractivity contribution in [1.82, 2.24) is 5.32 Å². The van der Waals surface area contributed by atoms with Crippen molar-refractivity contribution in [3.8, 4) is 0 Å². The van der Waals surface area contributed by atoms with Crippen LogP contribution in [0.25, 0.3) is 6.08 Å². The molecule has 1 aromatic rings. The number of benzene rings is 1. The van der Waals surface area contributed by atoms with Crippen molar-refractivity contribution in [3.63, 3.8) is 0 Å². The Morgan fingerprint density at radius 3 is 2.50 bits per heavy atom. The third-order valence-corrected chi connectivity index (χ3v) is 6.27. The van der Waals surface area contributed by atoms with E-state index >= 15 is 0 Å². The number of carbonyl (C=O) groups excluding carboxylic acids is 1. The third kappa shape index (κ3) is 6.84. The highest BCUT2D eigenvalue weighted by Crippen LogP contribution is 2.40. The van der Waals surface area contributed by atoms with Crippen molar-refractivity contribution in [3.05, 3.63) is 75.2 Å². The van der Waals surface area contributed by atoms with Gasteiger partial charge in [0.25, 0.3) is 0 Å². The smallest absolute Gasteiger partial charge is 0.248 e. The van der Waals surface area contributed by atoms with Gasteiger partial charge in [-0.3, -0.25) is 4.79 Å². The lowest BCUT2D eigenvalue weighted by Crippen LogP contribution is -2.21. The van der Waals surface area contributed by atoms with Crippen molar-refractivity contribution < 1.29 is 4.79 Å². The molecular weight excluding hydrogens is 364 g/mol. The number of nitrogens with two attached hydrogens (primary N) is 1. The number of rotatable bonds is 7. The van der Waals surface area contributed by atoms with Gasteiger partial charge in [-0.05, 0) is 66.2 Å². The average molecular weight is 397 g/mol. The van der Waals surface area contributed by atoms with E-state index in [0.29, 0.717) is 12.0 Å². The normalized spacial score (nSPS) is 17.1. The minimum atomic E-state index is -0.136.